The molecule has 5 heteroatoms. The Labute approximate surface area is 100 Å². The average Bonchev–Trinajstić information content (AvgIpc) is 2.62. The number of nitrogens with one attached hydrogen (secondary N) is 2. The van der Waals surface area contributed by atoms with Gasteiger partial charge in [-0.3, -0.25) is 0 Å². The third-order valence-electron chi connectivity index (χ3n) is 1.68. The Morgan fingerprint density at radius 1 is 1.43 bits per heavy atom. The fourth-order valence-electron chi connectivity index (χ4n) is 1.05. The average molecular weight is 320 g/mol. The number of H-pyrrole nitrogens is 1. The lowest BCUT2D eigenvalue weighted by Gasteiger charge is -2.05. The molecule has 0 amide bonds. The molecule has 1 aromatic carbocycles. The van der Waals surface area contributed by atoms with Crippen LogP contribution in [-0.4, -0.2) is 9.97 Å². The Morgan fingerprint density at radius 2 is 2.29 bits per heavy atom. The van der Waals surface area contributed by atoms with E-state index < -0.39 is 0 Å². The number of anilines is 2. The molecule has 14 heavy (non-hydrogen) atoms. The van der Waals surface area contributed by atoms with Crippen molar-refractivity contribution in [1.82, 2.24) is 9.97 Å². The van der Waals surface area contributed by atoms with Gasteiger partial charge in [-0.05, 0) is 40.8 Å². The van der Waals surface area contributed by atoms with Gasteiger partial charge in [0, 0.05) is 16.0 Å². The second kappa shape index (κ2) is 4.18. The highest BCUT2D eigenvalue weighted by atomic mass is 127. The maximum Gasteiger partial charge on any atom is 0.204 e. The predicted molar refractivity (Wildman–Crippen MR) is 66.0 cm³/mol. The fraction of sp³-hybridized carbons (Fsp3) is 0. The van der Waals surface area contributed by atoms with E-state index in [0.29, 0.717) is 11.0 Å². The van der Waals surface area contributed by atoms with Crippen molar-refractivity contribution >= 4 is 45.8 Å². The van der Waals surface area contributed by atoms with Gasteiger partial charge in [0.15, 0.2) is 0 Å². The van der Waals surface area contributed by atoms with Gasteiger partial charge in [0.1, 0.15) is 0 Å². The van der Waals surface area contributed by atoms with Gasteiger partial charge < -0.3 is 10.3 Å². The molecule has 0 saturated heterocycles. The number of hydrogen-bond donors (Lipinski definition) is 2. The zero-order chi connectivity index (χ0) is 9.97. The predicted octanol–water partition coefficient (Wildman–Crippen LogP) is 3.41. The minimum absolute atomic E-state index is 0.688. The van der Waals surface area contributed by atoms with E-state index in [2.05, 4.69) is 37.9 Å². The van der Waals surface area contributed by atoms with Crippen LogP contribution in [0.5, 0.6) is 0 Å². The van der Waals surface area contributed by atoms with Crippen LogP contribution in [0.25, 0.3) is 0 Å². The van der Waals surface area contributed by atoms with E-state index in [1.807, 2.05) is 18.2 Å². The summed E-state index contributed by atoms with van der Waals surface area (Å²) in [6, 6.07) is 5.80. The van der Waals surface area contributed by atoms with E-state index >= 15 is 0 Å². The Morgan fingerprint density at radius 3 is 2.93 bits per heavy atom. The monoisotopic (exact) mass is 319 g/mol. The first-order valence-electron chi connectivity index (χ1n) is 3.97. The van der Waals surface area contributed by atoms with Gasteiger partial charge in [-0.1, -0.05) is 11.6 Å². The van der Waals surface area contributed by atoms with Gasteiger partial charge in [-0.25, -0.2) is 4.98 Å². The quantitative estimate of drug-likeness (QED) is 0.833. The Balaban J connectivity index is 2.25. The second-order valence-electron chi connectivity index (χ2n) is 2.69. The molecule has 0 radical (unpaired) electrons. The van der Waals surface area contributed by atoms with Crippen LogP contribution in [0.4, 0.5) is 11.6 Å². The number of imidazole rings is 1. The summed E-state index contributed by atoms with van der Waals surface area (Å²) in [7, 11) is 0. The molecule has 0 aliphatic heterocycles. The Bertz CT molecular complexity index is 428. The molecule has 3 nitrogen and oxygen atoms in total. The summed E-state index contributed by atoms with van der Waals surface area (Å²) in [4.78, 5) is 6.99. The van der Waals surface area contributed by atoms with E-state index in [0.717, 1.165) is 9.26 Å². The van der Waals surface area contributed by atoms with E-state index in [-0.39, 0.29) is 0 Å². The molecule has 72 valence electrons. The molecule has 0 atom stereocenters. The van der Waals surface area contributed by atoms with E-state index in [4.69, 9.17) is 11.6 Å². The zero-order valence-corrected chi connectivity index (χ0v) is 10.0. The van der Waals surface area contributed by atoms with Crippen molar-refractivity contribution < 1.29 is 0 Å². The van der Waals surface area contributed by atoms with Crippen LogP contribution in [0.3, 0.4) is 0 Å². The number of nitrogens with zero attached hydrogens (tertiary/aromatic N) is 1. The van der Waals surface area contributed by atoms with Gasteiger partial charge in [-0.15, -0.1) is 0 Å². The SMILES string of the molecule is Clc1cc(I)ccc1Nc1ncc[nH]1. The molecule has 0 fully saturated rings. The molecule has 0 aliphatic rings. The topological polar surface area (TPSA) is 40.7 Å². The number of rotatable bonds is 2. The first kappa shape index (κ1) is 9.79. The zero-order valence-electron chi connectivity index (χ0n) is 7.09. The lowest BCUT2D eigenvalue weighted by atomic mass is 10.3. The second-order valence-corrected chi connectivity index (χ2v) is 4.34. The third kappa shape index (κ3) is 2.19. The van der Waals surface area contributed by atoms with Gasteiger partial charge in [0.25, 0.3) is 0 Å². The maximum atomic E-state index is 6.04. The molecule has 1 heterocycles. The molecule has 2 rings (SSSR count). The van der Waals surface area contributed by atoms with Gasteiger partial charge in [0.2, 0.25) is 5.95 Å². The van der Waals surface area contributed by atoms with Crippen molar-refractivity contribution in [3.05, 3.63) is 39.2 Å². The number of hydrogen-bond acceptors (Lipinski definition) is 2. The van der Waals surface area contributed by atoms with Crippen LogP contribution < -0.4 is 5.32 Å². The number of halogens is 2. The van der Waals surface area contributed by atoms with Crippen LogP contribution in [0.15, 0.2) is 30.6 Å². The van der Waals surface area contributed by atoms with E-state index in [1.165, 1.54) is 0 Å². The maximum absolute atomic E-state index is 6.04. The molecule has 2 N–H and O–H groups in total. The lowest BCUT2D eigenvalue weighted by molar-refractivity contribution is 1.29. The first-order valence-corrected chi connectivity index (χ1v) is 5.43. The lowest BCUT2D eigenvalue weighted by Crippen LogP contribution is -1.93. The molecule has 0 aliphatic carbocycles. The van der Waals surface area contributed by atoms with E-state index in [9.17, 15) is 0 Å². The minimum Gasteiger partial charge on any atom is -0.331 e. The molecule has 1 aromatic heterocycles. The van der Waals surface area contributed by atoms with Gasteiger partial charge in [0.05, 0.1) is 10.7 Å². The molecule has 0 saturated carbocycles. The van der Waals surface area contributed by atoms with Crippen molar-refractivity contribution in [2.45, 2.75) is 0 Å². The van der Waals surface area contributed by atoms with Gasteiger partial charge >= 0.3 is 0 Å². The highest BCUT2D eigenvalue weighted by Gasteiger charge is 2.01. The summed E-state index contributed by atoms with van der Waals surface area (Å²) in [5.41, 5.74) is 0.849. The summed E-state index contributed by atoms with van der Waals surface area (Å²) in [6.07, 6.45) is 3.44. The number of aromatic nitrogens is 2. The number of aromatic amines is 1. The van der Waals surface area contributed by atoms with Crippen LogP contribution in [0.2, 0.25) is 5.02 Å². The smallest absolute Gasteiger partial charge is 0.204 e. The molecule has 2 aromatic rings. The third-order valence-corrected chi connectivity index (χ3v) is 2.67. The largest absolute Gasteiger partial charge is 0.331 e. The van der Waals surface area contributed by atoms with Crippen LogP contribution in [0.1, 0.15) is 0 Å². The minimum atomic E-state index is 0.688. The molecular weight excluding hydrogens is 312 g/mol. The van der Waals surface area contributed by atoms with Crippen LogP contribution >= 0.6 is 34.2 Å². The highest BCUT2D eigenvalue weighted by Crippen LogP contribution is 2.25. The molecular formula is C9H7ClIN3. The molecule has 0 unspecified atom stereocenters. The standard InChI is InChI=1S/C9H7ClIN3/c10-7-5-6(11)1-2-8(7)14-9-12-3-4-13-9/h1-5H,(H2,12,13,14). The first-order chi connectivity index (χ1) is 6.75. The van der Waals surface area contributed by atoms with Crippen molar-refractivity contribution in [3.8, 4) is 0 Å². The fourth-order valence-corrected chi connectivity index (χ4v) is 1.96. The van der Waals surface area contributed by atoms with Crippen LogP contribution in [-0.2, 0) is 0 Å². The van der Waals surface area contributed by atoms with Crippen molar-refractivity contribution in [2.24, 2.45) is 0 Å². The summed E-state index contributed by atoms with van der Waals surface area (Å²) in [5.74, 6) is 0.688. The normalized spacial score (nSPS) is 10.1. The van der Waals surface area contributed by atoms with Gasteiger partial charge in [-0.2, -0.15) is 0 Å². The number of benzene rings is 1. The van der Waals surface area contributed by atoms with Crippen molar-refractivity contribution in [2.75, 3.05) is 5.32 Å². The van der Waals surface area contributed by atoms with E-state index in [1.54, 1.807) is 12.4 Å². The molecule has 0 bridgehead atoms. The van der Waals surface area contributed by atoms with Crippen molar-refractivity contribution in [1.29, 1.82) is 0 Å². The summed E-state index contributed by atoms with van der Waals surface area (Å²) >= 11 is 8.25. The molecule has 0 spiro atoms. The van der Waals surface area contributed by atoms with Crippen LogP contribution in [0, 0.1) is 3.57 Å². The van der Waals surface area contributed by atoms with Crippen molar-refractivity contribution in [3.63, 3.8) is 0 Å². The summed E-state index contributed by atoms with van der Waals surface area (Å²) in [5, 5.41) is 3.77. The Hall–Kier alpha value is -0.750. The highest BCUT2D eigenvalue weighted by molar-refractivity contribution is 14.1. The Kier molecular flexibility index (Phi) is 2.93. The summed E-state index contributed by atoms with van der Waals surface area (Å²) < 4.78 is 1.11. The summed E-state index contributed by atoms with van der Waals surface area (Å²) in [6.45, 7) is 0.